The van der Waals surface area contributed by atoms with Gasteiger partial charge in [-0.3, -0.25) is 0 Å². The molecule has 0 saturated carbocycles. The first kappa shape index (κ1) is 17.5. The molecule has 0 N–H and O–H groups in total. The molecular formula is C28H28. The monoisotopic (exact) mass is 364 g/mol. The molecule has 4 bridgehead atoms. The molecule has 0 radical (unpaired) electrons. The van der Waals surface area contributed by atoms with Crippen molar-refractivity contribution >= 4 is 0 Å². The summed E-state index contributed by atoms with van der Waals surface area (Å²) in [7, 11) is 0. The molecule has 0 aliphatic heterocycles. The van der Waals surface area contributed by atoms with E-state index in [4.69, 9.17) is 0 Å². The molecule has 4 unspecified atom stereocenters. The molecule has 0 spiro atoms. The van der Waals surface area contributed by atoms with Gasteiger partial charge in [0.25, 0.3) is 0 Å². The van der Waals surface area contributed by atoms with E-state index in [-0.39, 0.29) is 0 Å². The highest BCUT2D eigenvalue weighted by Gasteiger charge is 2.27. The SMILES string of the molecule is C1=CC2C=C1CCC(c1ccccc1)C1C=CC(=C1)CCC2c1ccccc1. The smallest absolute Gasteiger partial charge is 0.00244 e. The summed E-state index contributed by atoms with van der Waals surface area (Å²) in [5.74, 6) is 2.22. The maximum atomic E-state index is 2.55. The quantitative estimate of drug-likeness (QED) is 0.522. The first-order valence-corrected chi connectivity index (χ1v) is 10.7. The fraction of sp³-hybridized carbons (Fsp3) is 0.286. The summed E-state index contributed by atoms with van der Waals surface area (Å²) in [6.45, 7) is 0. The third kappa shape index (κ3) is 3.56. The van der Waals surface area contributed by atoms with E-state index < -0.39 is 0 Å². The van der Waals surface area contributed by atoms with Crippen molar-refractivity contribution < 1.29 is 0 Å². The Kier molecular flexibility index (Phi) is 4.87. The molecule has 3 aliphatic rings. The fourth-order valence-electron chi connectivity index (χ4n) is 5.23. The van der Waals surface area contributed by atoms with E-state index in [2.05, 4.69) is 97.1 Å². The highest BCUT2D eigenvalue weighted by atomic mass is 14.3. The van der Waals surface area contributed by atoms with E-state index in [1.54, 1.807) is 0 Å². The Morgan fingerprint density at radius 3 is 1.39 bits per heavy atom. The number of hydrogen-bond acceptors (Lipinski definition) is 0. The second-order valence-corrected chi connectivity index (χ2v) is 8.47. The molecule has 140 valence electrons. The van der Waals surface area contributed by atoms with Crippen molar-refractivity contribution in [1.29, 1.82) is 0 Å². The van der Waals surface area contributed by atoms with Gasteiger partial charge in [0.1, 0.15) is 0 Å². The van der Waals surface area contributed by atoms with Crippen molar-refractivity contribution in [2.75, 3.05) is 0 Å². The van der Waals surface area contributed by atoms with Crippen LogP contribution in [0.1, 0.15) is 48.6 Å². The molecule has 0 saturated heterocycles. The van der Waals surface area contributed by atoms with E-state index in [9.17, 15) is 0 Å². The highest BCUT2D eigenvalue weighted by molar-refractivity contribution is 5.38. The Morgan fingerprint density at radius 1 is 0.536 bits per heavy atom. The Bertz CT molecular complexity index is 847. The molecule has 28 heavy (non-hydrogen) atoms. The van der Waals surface area contributed by atoms with Gasteiger partial charge in [0, 0.05) is 11.8 Å². The summed E-state index contributed by atoms with van der Waals surface area (Å²) < 4.78 is 0. The summed E-state index contributed by atoms with van der Waals surface area (Å²) in [5, 5.41) is 0. The molecule has 0 fully saturated rings. The highest BCUT2D eigenvalue weighted by Crippen LogP contribution is 2.42. The zero-order valence-electron chi connectivity index (χ0n) is 16.4. The standard InChI is InChI=1S/C28H28/c1-3-7-23(8-4-1)27-17-13-21-12-16-26(20-21)28(24-9-5-2-6-10-24)18-14-22-11-15-25(27)19-22/h1-12,15-16,19-20,25-28H,13-14,17-18H2. The molecule has 2 aromatic rings. The predicted molar refractivity (Wildman–Crippen MR) is 118 cm³/mol. The summed E-state index contributed by atoms with van der Waals surface area (Å²) >= 11 is 0. The van der Waals surface area contributed by atoms with Crippen LogP contribution in [0.5, 0.6) is 0 Å². The largest absolute Gasteiger partial charge is 0.0767 e. The fourth-order valence-corrected chi connectivity index (χ4v) is 5.23. The van der Waals surface area contributed by atoms with Crippen LogP contribution in [0.4, 0.5) is 0 Å². The second-order valence-electron chi connectivity index (χ2n) is 8.47. The third-order valence-corrected chi connectivity index (χ3v) is 6.75. The Labute approximate surface area is 169 Å². The molecular weight excluding hydrogens is 336 g/mol. The van der Waals surface area contributed by atoms with Crippen molar-refractivity contribution in [2.45, 2.75) is 37.5 Å². The molecule has 0 amide bonds. The first-order chi connectivity index (χ1) is 13.9. The Hall–Kier alpha value is -2.60. The summed E-state index contributed by atoms with van der Waals surface area (Å²) in [5.41, 5.74) is 6.01. The number of benzene rings is 2. The van der Waals surface area contributed by atoms with E-state index in [0.717, 1.165) is 0 Å². The lowest BCUT2D eigenvalue weighted by molar-refractivity contribution is 0.535. The van der Waals surface area contributed by atoms with Crippen LogP contribution in [0.3, 0.4) is 0 Å². The van der Waals surface area contributed by atoms with Crippen LogP contribution in [-0.4, -0.2) is 0 Å². The summed E-state index contributed by atoms with van der Waals surface area (Å²) in [6.07, 6.45) is 19.5. The van der Waals surface area contributed by atoms with E-state index >= 15 is 0 Å². The Morgan fingerprint density at radius 2 is 0.964 bits per heavy atom. The maximum Gasteiger partial charge on any atom is 0.00244 e. The van der Waals surface area contributed by atoms with Gasteiger partial charge in [0.05, 0.1) is 0 Å². The molecule has 0 nitrogen and oxygen atoms in total. The van der Waals surface area contributed by atoms with Gasteiger partial charge in [-0.25, -0.2) is 0 Å². The molecule has 0 heteroatoms. The van der Waals surface area contributed by atoms with E-state index in [0.29, 0.717) is 23.7 Å². The van der Waals surface area contributed by atoms with Crippen LogP contribution in [0, 0.1) is 11.8 Å². The summed E-state index contributed by atoms with van der Waals surface area (Å²) in [4.78, 5) is 0. The van der Waals surface area contributed by atoms with Crippen LogP contribution < -0.4 is 0 Å². The van der Waals surface area contributed by atoms with Crippen molar-refractivity contribution in [2.24, 2.45) is 11.8 Å². The van der Waals surface area contributed by atoms with Crippen molar-refractivity contribution in [3.8, 4) is 0 Å². The van der Waals surface area contributed by atoms with Gasteiger partial charge in [-0.15, -0.1) is 0 Å². The van der Waals surface area contributed by atoms with Gasteiger partial charge in [0.15, 0.2) is 0 Å². The zero-order chi connectivity index (χ0) is 18.8. The lowest BCUT2D eigenvalue weighted by atomic mass is 9.80. The Balaban J connectivity index is 1.46. The minimum Gasteiger partial charge on any atom is -0.0767 e. The van der Waals surface area contributed by atoms with Crippen molar-refractivity contribution in [1.82, 2.24) is 0 Å². The first-order valence-electron chi connectivity index (χ1n) is 10.7. The van der Waals surface area contributed by atoms with Gasteiger partial charge in [0.2, 0.25) is 0 Å². The minimum absolute atomic E-state index is 0.536. The molecule has 2 aromatic carbocycles. The normalized spacial score (nSPS) is 29.0. The third-order valence-electron chi connectivity index (χ3n) is 6.75. The predicted octanol–water partition coefficient (Wildman–Crippen LogP) is 7.35. The lowest BCUT2D eigenvalue weighted by Crippen LogP contribution is -2.10. The van der Waals surface area contributed by atoms with Gasteiger partial charge < -0.3 is 0 Å². The average Bonchev–Trinajstić information content (AvgIpc) is 3.40. The molecule has 4 atom stereocenters. The molecule has 0 heterocycles. The van der Waals surface area contributed by atoms with Crippen LogP contribution in [0.2, 0.25) is 0 Å². The van der Waals surface area contributed by atoms with Crippen molar-refractivity contribution in [3.63, 3.8) is 0 Å². The number of hydrogen-bond donors (Lipinski definition) is 0. The molecule has 3 aliphatic carbocycles. The van der Waals surface area contributed by atoms with Crippen molar-refractivity contribution in [3.05, 3.63) is 119 Å². The second kappa shape index (κ2) is 7.80. The lowest BCUT2D eigenvalue weighted by Gasteiger charge is -2.24. The average molecular weight is 365 g/mol. The minimum atomic E-state index is 0.536. The topological polar surface area (TPSA) is 0 Å². The maximum absolute atomic E-state index is 2.55. The molecule has 5 rings (SSSR count). The number of fused-ring (bicyclic) bond motifs is 2. The van der Waals surface area contributed by atoms with Gasteiger partial charge in [-0.2, -0.15) is 0 Å². The molecule has 0 aromatic heterocycles. The van der Waals surface area contributed by atoms with Gasteiger partial charge >= 0.3 is 0 Å². The van der Waals surface area contributed by atoms with Crippen LogP contribution in [0.15, 0.2) is 108 Å². The van der Waals surface area contributed by atoms with Gasteiger partial charge in [-0.05, 0) is 48.6 Å². The van der Waals surface area contributed by atoms with Gasteiger partial charge in [-0.1, -0.05) is 108 Å². The summed E-state index contributed by atoms with van der Waals surface area (Å²) in [6, 6.07) is 22.2. The number of rotatable bonds is 2. The van der Waals surface area contributed by atoms with Crippen LogP contribution in [-0.2, 0) is 0 Å². The van der Waals surface area contributed by atoms with Crippen LogP contribution in [0.25, 0.3) is 0 Å². The van der Waals surface area contributed by atoms with Crippen LogP contribution >= 0.6 is 0 Å². The van der Waals surface area contributed by atoms with E-state index in [1.165, 1.54) is 48.0 Å². The zero-order valence-corrected chi connectivity index (χ0v) is 16.4. The van der Waals surface area contributed by atoms with E-state index in [1.807, 2.05) is 0 Å². The number of allylic oxidation sites excluding steroid dienone is 8.